The van der Waals surface area contributed by atoms with Crippen LogP contribution in [0.15, 0.2) is 18.3 Å². The highest BCUT2D eigenvalue weighted by Crippen LogP contribution is 2.06. The van der Waals surface area contributed by atoms with Crippen LogP contribution in [-0.4, -0.2) is 36.4 Å². The van der Waals surface area contributed by atoms with Crippen LogP contribution in [0.3, 0.4) is 0 Å². The highest BCUT2D eigenvalue weighted by molar-refractivity contribution is 5.96. The van der Waals surface area contributed by atoms with E-state index >= 15 is 0 Å². The summed E-state index contributed by atoms with van der Waals surface area (Å²) >= 11 is 0. The Hall–Kier alpha value is -2.11. The quantitative estimate of drug-likeness (QED) is 0.705. The van der Waals surface area contributed by atoms with Gasteiger partial charge in [0.25, 0.3) is 5.91 Å². The Morgan fingerprint density at radius 3 is 2.78 bits per heavy atom. The minimum Gasteiger partial charge on any atom is -0.388 e. The lowest BCUT2D eigenvalue weighted by molar-refractivity contribution is -0.122. The molecule has 0 saturated carbocycles. The van der Waals surface area contributed by atoms with Crippen LogP contribution >= 0.6 is 0 Å². The Kier molecular flexibility index (Phi) is 5.10. The molecule has 1 rings (SSSR count). The molecule has 0 aromatic carbocycles. The van der Waals surface area contributed by atoms with Crippen molar-refractivity contribution in [3.05, 3.63) is 24.0 Å². The highest BCUT2D eigenvalue weighted by Gasteiger charge is 2.16. The molecule has 2 amide bonds. The van der Waals surface area contributed by atoms with E-state index in [1.165, 1.54) is 6.20 Å². The van der Waals surface area contributed by atoms with Gasteiger partial charge in [-0.1, -0.05) is 0 Å². The fourth-order valence-electron chi connectivity index (χ4n) is 1.37. The minimum absolute atomic E-state index is 0.212. The van der Waals surface area contributed by atoms with Crippen molar-refractivity contribution in [2.24, 2.45) is 0 Å². The van der Waals surface area contributed by atoms with Crippen molar-refractivity contribution >= 4 is 17.5 Å². The van der Waals surface area contributed by atoms with E-state index in [4.69, 9.17) is 0 Å². The summed E-state index contributed by atoms with van der Waals surface area (Å²) in [4.78, 5) is 27.3. The Morgan fingerprint density at radius 2 is 2.17 bits per heavy atom. The summed E-state index contributed by atoms with van der Waals surface area (Å²) in [5.41, 5.74) is 1.07. The minimum atomic E-state index is -0.586. The molecule has 1 aromatic rings. The summed E-state index contributed by atoms with van der Waals surface area (Å²) in [6.45, 7) is 3.99. The smallest absolute Gasteiger partial charge is 0.270 e. The highest BCUT2D eigenvalue weighted by atomic mass is 16.2. The van der Waals surface area contributed by atoms with Crippen molar-refractivity contribution < 1.29 is 9.59 Å². The summed E-state index contributed by atoms with van der Waals surface area (Å²) in [5.74, 6) is -0.582. The number of carbonyl (C=O) groups is 2. The van der Waals surface area contributed by atoms with E-state index in [1.807, 2.05) is 6.92 Å². The first kappa shape index (κ1) is 14.0. The lowest BCUT2D eigenvalue weighted by atomic mass is 10.2. The number of rotatable bonds is 5. The lowest BCUT2D eigenvalue weighted by Gasteiger charge is -2.13. The number of nitrogens with one attached hydrogen (secondary N) is 3. The number of carbonyl (C=O) groups excluding carboxylic acids is 2. The number of hydrogen-bond donors (Lipinski definition) is 3. The molecule has 6 nitrogen and oxygen atoms in total. The molecule has 0 aliphatic carbocycles. The molecule has 0 radical (unpaired) electrons. The number of hydrogen-bond acceptors (Lipinski definition) is 4. The summed E-state index contributed by atoms with van der Waals surface area (Å²) in [6, 6.07) is 2.79. The Balaban J connectivity index is 2.67. The monoisotopic (exact) mass is 250 g/mol. The van der Waals surface area contributed by atoms with Gasteiger partial charge in [0, 0.05) is 25.5 Å². The van der Waals surface area contributed by atoms with Gasteiger partial charge < -0.3 is 16.0 Å². The second-order valence-corrected chi connectivity index (χ2v) is 3.77. The number of aromatic nitrogens is 1. The van der Waals surface area contributed by atoms with E-state index in [2.05, 4.69) is 20.9 Å². The van der Waals surface area contributed by atoms with Crippen LogP contribution in [0.2, 0.25) is 0 Å². The fourth-order valence-corrected chi connectivity index (χ4v) is 1.37. The predicted octanol–water partition coefficient (Wildman–Crippen LogP) is 0.378. The van der Waals surface area contributed by atoms with Crippen LogP contribution in [-0.2, 0) is 4.79 Å². The van der Waals surface area contributed by atoms with E-state index in [0.29, 0.717) is 6.54 Å². The Bertz CT molecular complexity index is 434. The van der Waals surface area contributed by atoms with E-state index in [-0.39, 0.29) is 17.5 Å². The molecule has 1 heterocycles. The van der Waals surface area contributed by atoms with Crippen LogP contribution in [0.4, 0.5) is 5.69 Å². The van der Waals surface area contributed by atoms with E-state index in [0.717, 1.165) is 5.69 Å². The number of anilines is 1. The average Bonchev–Trinajstić information content (AvgIpc) is 2.39. The van der Waals surface area contributed by atoms with Crippen LogP contribution in [0.25, 0.3) is 0 Å². The van der Waals surface area contributed by atoms with Crippen LogP contribution in [0, 0.1) is 0 Å². The van der Waals surface area contributed by atoms with Crippen LogP contribution in [0.1, 0.15) is 24.3 Å². The van der Waals surface area contributed by atoms with Gasteiger partial charge in [-0.25, -0.2) is 0 Å². The second kappa shape index (κ2) is 6.58. The third kappa shape index (κ3) is 3.73. The molecule has 1 unspecified atom stereocenters. The third-order valence-electron chi connectivity index (χ3n) is 2.37. The molecule has 0 fully saturated rings. The first-order valence-electron chi connectivity index (χ1n) is 5.80. The van der Waals surface area contributed by atoms with Crippen molar-refractivity contribution in [1.82, 2.24) is 15.6 Å². The normalized spacial score (nSPS) is 11.5. The average molecular weight is 250 g/mol. The van der Waals surface area contributed by atoms with Gasteiger partial charge in [0.2, 0.25) is 5.91 Å². The Labute approximate surface area is 106 Å². The van der Waals surface area contributed by atoms with E-state index in [9.17, 15) is 9.59 Å². The molecular formula is C12H18N4O2. The van der Waals surface area contributed by atoms with Gasteiger partial charge in [0.05, 0.1) is 0 Å². The van der Waals surface area contributed by atoms with Crippen molar-refractivity contribution in [2.45, 2.75) is 19.9 Å². The van der Waals surface area contributed by atoms with Crippen molar-refractivity contribution in [1.29, 1.82) is 0 Å². The van der Waals surface area contributed by atoms with E-state index < -0.39 is 6.04 Å². The number of amides is 2. The summed E-state index contributed by atoms with van der Waals surface area (Å²) < 4.78 is 0. The standard InChI is InChI=1S/C12H18N4O2/c1-4-14-11(17)8(2)16-12(18)10-7-9(13-3)5-6-15-10/h5-8H,4H2,1-3H3,(H,13,15)(H,14,17)(H,16,18). The molecule has 18 heavy (non-hydrogen) atoms. The second-order valence-electron chi connectivity index (χ2n) is 3.77. The maximum atomic E-state index is 11.9. The summed E-state index contributed by atoms with van der Waals surface area (Å²) in [7, 11) is 1.76. The molecule has 1 aromatic heterocycles. The molecular weight excluding hydrogens is 232 g/mol. The molecule has 1 atom stereocenters. The third-order valence-corrected chi connectivity index (χ3v) is 2.37. The topological polar surface area (TPSA) is 83.1 Å². The molecule has 0 spiro atoms. The molecule has 0 aliphatic rings. The van der Waals surface area contributed by atoms with Gasteiger partial charge in [-0.2, -0.15) is 0 Å². The van der Waals surface area contributed by atoms with Crippen molar-refractivity contribution in [3.63, 3.8) is 0 Å². The zero-order valence-corrected chi connectivity index (χ0v) is 10.8. The first-order chi connectivity index (χ1) is 8.58. The molecule has 0 saturated heterocycles. The summed E-state index contributed by atoms with van der Waals surface area (Å²) in [5, 5.41) is 8.15. The molecule has 6 heteroatoms. The van der Waals surface area contributed by atoms with Crippen molar-refractivity contribution in [2.75, 3.05) is 18.9 Å². The van der Waals surface area contributed by atoms with Gasteiger partial charge in [0.15, 0.2) is 0 Å². The maximum absolute atomic E-state index is 11.9. The van der Waals surface area contributed by atoms with E-state index in [1.54, 1.807) is 26.1 Å². The fraction of sp³-hybridized carbons (Fsp3) is 0.417. The SMILES string of the molecule is CCNC(=O)C(C)NC(=O)c1cc(NC)ccn1. The van der Waals surface area contributed by atoms with Gasteiger partial charge in [-0.15, -0.1) is 0 Å². The van der Waals surface area contributed by atoms with Crippen LogP contribution < -0.4 is 16.0 Å². The molecule has 0 aliphatic heterocycles. The van der Waals surface area contributed by atoms with Gasteiger partial charge in [-0.05, 0) is 26.0 Å². The molecule has 98 valence electrons. The molecule has 3 N–H and O–H groups in total. The zero-order valence-electron chi connectivity index (χ0n) is 10.8. The summed E-state index contributed by atoms with van der Waals surface area (Å²) in [6.07, 6.45) is 1.54. The number of likely N-dealkylation sites (N-methyl/N-ethyl adjacent to an activating group) is 1. The maximum Gasteiger partial charge on any atom is 0.270 e. The largest absolute Gasteiger partial charge is 0.388 e. The number of pyridine rings is 1. The van der Waals surface area contributed by atoms with Gasteiger partial charge in [-0.3, -0.25) is 14.6 Å². The van der Waals surface area contributed by atoms with Gasteiger partial charge >= 0.3 is 0 Å². The Morgan fingerprint density at radius 1 is 1.44 bits per heavy atom. The van der Waals surface area contributed by atoms with Crippen molar-refractivity contribution in [3.8, 4) is 0 Å². The molecule has 0 bridgehead atoms. The lowest BCUT2D eigenvalue weighted by Crippen LogP contribution is -2.44. The first-order valence-corrected chi connectivity index (χ1v) is 5.80. The number of nitrogens with zero attached hydrogens (tertiary/aromatic N) is 1. The predicted molar refractivity (Wildman–Crippen MR) is 69.4 cm³/mol. The van der Waals surface area contributed by atoms with Crippen LogP contribution in [0.5, 0.6) is 0 Å². The van der Waals surface area contributed by atoms with Gasteiger partial charge in [0.1, 0.15) is 11.7 Å². The zero-order chi connectivity index (χ0) is 13.5.